The van der Waals surface area contributed by atoms with Gasteiger partial charge in [0.05, 0.1) is 11.5 Å². The Labute approximate surface area is 107 Å². The number of rotatable bonds is 5. The smallest absolute Gasteiger partial charge is 0.0684 e. The summed E-state index contributed by atoms with van der Waals surface area (Å²) in [5, 5.41) is 9.01. The fourth-order valence-electron chi connectivity index (χ4n) is 2.70. The molecule has 0 spiro atoms. The van der Waals surface area contributed by atoms with Crippen LogP contribution in [0.25, 0.3) is 0 Å². The Morgan fingerprint density at radius 2 is 1.71 bits per heavy atom. The summed E-state index contributed by atoms with van der Waals surface area (Å²) in [6, 6.07) is 2.39. The third-order valence-electron chi connectivity index (χ3n) is 4.77. The number of nitrogens with zero attached hydrogens (tertiary/aromatic N) is 2. The Hall–Kier alpha value is -0.550. The lowest BCUT2D eigenvalue weighted by Crippen LogP contribution is -2.40. The van der Waals surface area contributed by atoms with E-state index in [1.165, 1.54) is 38.8 Å². The van der Waals surface area contributed by atoms with Gasteiger partial charge in [-0.2, -0.15) is 5.26 Å². The van der Waals surface area contributed by atoms with Gasteiger partial charge in [0.25, 0.3) is 0 Å². The van der Waals surface area contributed by atoms with Crippen molar-refractivity contribution < 1.29 is 0 Å². The van der Waals surface area contributed by atoms with E-state index in [0.29, 0.717) is 5.41 Å². The molecule has 0 bridgehead atoms. The Kier molecular flexibility index (Phi) is 5.01. The van der Waals surface area contributed by atoms with E-state index in [2.05, 4.69) is 24.8 Å². The molecule has 0 aromatic heterocycles. The lowest BCUT2D eigenvalue weighted by atomic mass is 9.74. The van der Waals surface area contributed by atoms with Crippen LogP contribution in [0.2, 0.25) is 0 Å². The van der Waals surface area contributed by atoms with Crippen molar-refractivity contribution in [2.24, 2.45) is 10.8 Å². The van der Waals surface area contributed by atoms with Crippen molar-refractivity contribution in [2.45, 2.75) is 59.8 Å². The molecule has 1 saturated heterocycles. The van der Waals surface area contributed by atoms with Crippen LogP contribution in [0.4, 0.5) is 0 Å². The quantitative estimate of drug-likeness (QED) is 0.725. The predicted octanol–water partition coefficient (Wildman–Crippen LogP) is 3.83. The Bertz CT molecular complexity index is 261. The predicted molar refractivity (Wildman–Crippen MR) is 72.7 cm³/mol. The maximum atomic E-state index is 9.01. The topological polar surface area (TPSA) is 27.0 Å². The molecule has 0 aromatic carbocycles. The van der Waals surface area contributed by atoms with E-state index in [4.69, 9.17) is 5.26 Å². The maximum absolute atomic E-state index is 9.01. The highest BCUT2D eigenvalue weighted by atomic mass is 15.1. The van der Waals surface area contributed by atoms with Crippen LogP contribution in [0.1, 0.15) is 59.8 Å². The highest BCUT2D eigenvalue weighted by molar-refractivity contribution is 4.93. The van der Waals surface area contributed by atoms with E-state index in [0.717, 1.165) is 13.0 Å². The minimum atomic E-state index is -0.163. The highest BCUT2D eigenvalue weighted by Crippen LogP contribution is 2.38. The molecule has 0 amide bonds. The zero-order valence-corrected chi connectivity index (χ0v) is 12.1. The number of piperidine rings is 1. The molecule has 1 heterocycles. The minimum Gasteiger partial charge on any atom is -0.303 e. The first-order chi connectivity index (χ1) is 7.97. The minimum absolute atomic E-state index is 0.163. The average Bonchev–Trinajstić information content (AvgIpc) is 2.37. The molecule has 0 aromatic rings. The summed E-state index contributed by atoms with van der Waals surface area (Å²) in [4.78, 5) is 2.54. The summed E-state index contributed by atoms with van der Waals surface area (Å²) in [6.45, 7) is 12.3. The summed E-state index contributed by atoms with van der Waals surface area (Å²) >= 11 is 0. The zero-order valence-electron chi connectivity index (χ0n) is 12.1. The van der Waals surface area contributed by atoms with Crippen LogP contribution < -0.4 is 0 Å². The van der Waals surface area contributed by atoms with Gasteiger partial charge in [-0.15, -0.1) is 0 Å². The van der Waals surface area contributed by atoms with E-state index in [1.807, 2.05) is 13.8 Å². The van der Waals surface area contributed by atoms with Crippen LogP contribution in [-0.4, -0.2) is 24.5 Å². The van der Waals surface area contributed by atoms with Crippen molar-refractivity contribution in [3.8, 4) is 6.07 Å². The number of likely N-dealkylation sites (tertiary alicyclic amines) is 1. The first-order valence-corrected chi connectivity index (χ1v) is 7.10. The fraction of sp³-hybridized carbons (Fsp3) is 0.933. The van der Waals surface area contributed by atoms with Gasteiger partial charge in [-0.05, 0) is 58.2 Å². The third-order valence-corrected chi connectivity index (χ3v) is 4.77. The average molecular weight is 236 g/mol. The zero-order chi connectivity index (χ0) is 12.9. The Balaban J connectivity index is 2.36. The van der Waals surface area contributed by atoms with Crippen LogP contribution in [0.15, 0.2) is 0 Å². The van der Waals surface area contributed by atoms with Crippen LogP contribution in [0.3, 0.4) is 0 Å². The third kappa shape index (κ3) is 4.00. The van der Waals surface area contributed by atoms with Crippen LogP contribution >= 0.6 is 0 Å². The van der Waals surface area contributed by atoms with Crippen molar-refractivity contribution in [1.82, 2.24) is 4.90 Å². The second kappa shape index (κ2) is 5.87. The van der Waals surface area contributed by atoms with Gasteiger partial charge < -0.3 is 4.90 Å². The molecule has 0 unspecified atom stereocenters. The monoisotopic (exact) mass is 236 g/mol. The Morgan fingerprint density at radius 1 is 1.18 bits per heavy atom. The molecule has 2 heteroatoms. The molecule has 98 valence electrons. The SMILES string of the molecule is CCC1(CC)CCN(CCC(C)(C)C#N)CC1. The van der Waals surface area contributed by atoms with Crippen LogP contribution in [-0.2, 0) is 0 Å². The first kappa shape index (κ1) is 14.5. The molecule has 0 aliphatic carbocycles. The summed E-state index contributed by atoms with van der Waals surface area (Å²) in [5.41, 5.74) is 0.450. The lowest BCUT2D eigenvalue weighted by molar-refractivity contribution is 0.0898. The van der Waals surface area contributed by atoms with E-state index >= 15 is 0 Å². The molecule has 1 fully saturated rings. The highest BCUT2D eigenvalue weighted by Gasteiger charge is 2.31. The molecule has 1 aliphatic rings. The van der Waals surface area contributed by atoms with Crippen molar-refractivity contribution in [3.63, 3.8) is 0 Å². The van der Waals surface area contributed by atoms with Gasteiger partial charge in [-0.1, -0.05) is 26.7 Å². The van der Waals surface area contributed by atoms with Crippen molar-refractivity contribution in [3.05, 3.63) is 0 Å². The molecule has 2 nitrogen and oxygen atoms in total. The van der Waals surface area contributed by atoms with E-state index < -0.39 is 0 Å². The van der Waals surface area contributed by atoms with Gasteiger partial charge >= 0.3 is 0 Å². The summed E-state index contributed by atoms with van der Waals surface area (Å²) in [5.74, 6) is 0. The number of hydrogen-bond donors (Lipinski definition) is 0. The summed E-state index contributed by atoms with van der Waals surface area (Å²) in [6.07, 6.45) is 6.32. The standard InChI is InChI=1S/C15H28N2/c1-5-15(6-2)8-11-17(12-9-15)10-7-14(3,4)13-16/h5-12H2,1-4H3. The summed E-state index contributed by atoms with van der Waals surface area (Å²) in [7, 11) is 0. The second-order valence-electron chi connectivity index (χ2n) is 6.29. The molecule has 0 N–H and O–H groups in total. The van der Waals surface area contributed by atoms with Crippen molar-refractivity contribution in [2.75, 3.05) is 19.6 Å². The maximum Gasteiger partial charge on any atom is 0.0684 e. The van der Waals surface area contributed by atoms with Gasteiger partial charge in [0, 0.05) is 0 Å². The largest absolute Gasteiger partial charge is 0.303 e. The fourth-order valence-corrected chi connectivity index (χ4v) is 2.70. The molecule has 0 atom stereocenters. The van der Waals surface area contributed by atoms with Crippen LogP contribution in [0, 0.1) is 22.2 Å². The molecule has 17 heavy (non-hydrogen) atoms. The van der Waals surface area contributed by atoms with Crippen molar-refractivity contribution >= 4 is 0 Å². The normalized spacial score (nSPS) is 21.1. The van der Waals surface area contributed by atoms with E-state index in [9.17, 15) is 0 Å². The van der Waals surface area contributed by atoms with E-state index in [-0.39, 0.29) is 5.41 Å². The molecule has 1 rings (SSSR count). The van der Waals surface area contributed by atoms with Gasteiger partial charge in [0.1, 0.15) is 0 Å². The summed E-state index contributed by atoms with van der Waals surface area (Å²) < 4.78 is 0. The lowest BCUT2D eigenvalue weighted by Gasteiger charge is -2.41. The molecule has 1 aliphatic heterocycles. The molecule has 0 radical (unpaired) electrons. The Morgan fingerprint density at radius 3 is 2.12 bits per heavy atom. The van der Waals surface area contributed by atoms with Gasteiger partial charge in [-0.25, -0.2) is 0 Å². The van der Waals surface area contributed by atoms with Crippen molar-refractivity contribution in [1.29, 1.82) is 5.26 Å². The second-order valence-corrected chi connectivity index (χ2v) is 6.29. The van der Waals surface area contributed by atoms with Gasteiger partial charge in [0.2, 0.25) is 0 Å². The molecular formula is C15H28N2. The first-order valence-electron chi connectivity index (χ1n) is 7.10. The molecule has 0 saturated carbocycles. The van der Waals surface area contributed by atoms with Gasteiger partial charge in [0.15, 0.2) is 0 Å². The van der Waals surface area contributed by atoms with Crippen LogP contribution in [0.5, 0.6) is 0 Å². The number of nitriles is 1. The van der Waals surface area contributed by atoms with Gasteiger partial charge in [-0.3, -0.25) is 0 Å². The van der Waals surface area contributed by atoms with E-state index in [1.54, 1.807) is 0 Å². The molecular weight excluding hydrogens is 208 g/mol. The number of hydrogen-bond acceptors (Lipinski definition) is 2.